The first kappa shape index (κ1) is 15.8. The van der Waals surface area contributed by atoms with Crippen LogP contribution in [0.25, 0.3) is 0 Å². The Morgan fingerprint density at radius 2 is 2.25 bits per heavy atom. The molecule has 2 aliphatic heterocycles. The number of aliphatic carboxylic acids is 1. The summed E-state index contributed by atoms with van der Waals surface area (Å²) in [5.74, 6) is -0.0739. The van der Waals surface area contributed by atoms with Crippen LogP contribution in [-0.4, -0.2) is 47.8 Å². The molecule has 0 aromatic rings. The Bertz CT molecular complexity index is 345. The fourth-order valence-corrected chi connectivity index (χ4v) is 3.70. The van der Waals surface area contributed by atoms with Crippen molar-refractivity contribution in [3.05, 3.63) is 0 Å². The van der Waals surface area contributed by atoms with Gasteiger partial charge in [0.2, 0.25) is 0 Å². The predicted molar refractivity (Wildman–Crippen MR) is 78.8 cm³/mol. The molecule has 2 heterocycles. The van der Waals surface area contributed by atoms with E-state index in [0.29, 0.717) is 24.6 Å². The van der Waals surface area contributed by atoms with E-state index in [0.717, 1.165) is 45.3 Å². The highest BCUT2D eigenvalue weighted by Gasteiger charge is 2.43. The van der Waals surface area contributed by atoms with Crippen molar-refractivity contribution in [3.8, 4) is 0 Å². The second kappa shape index (κ2) is 6.44. The van der Waals surface area contributed by atoms with Crippen LogP contribution in [0.15, 0.2) is 0 Å². The van der Waals surface area contributed by atoms with Gasteiger partial charge in [-0.15, -0.1) is 0 Å². The molecule has 1 N–H and O–H groups in total. The van der Waals surface area contributed by atoms with Gasteiger partial charge in [-0.3, -0.25) is 9.69 Å². The molecule has 2 fully saturated rings. The summed E-state index contributed by atoms with van der Waals surface area (Å²) in [5.41, 5.74) is -0.524. The molecule has 3 atom stereocenters. The number of hydrogen-bond donors (Lipinski definition) is 1. The Labute approximate surface area is 122 Å². The van der Waals surface area contributed by atoms with Crippen molar-refractivity contribution >= 4 is 5.97 Å². The summed E-state index contributed by atoms with van der Waals surface area (Å²) in [6.07, 6.45) is 4.99. The highest BCUT2D eigenvalue weighted by molar-refractivity contribution is 5.75. The normalized spacial score (nSPS) is 36.2. The van der Waals surface area contributed by atoms with Gasteiger partial charge in [-0.05, 0) is 44.6 Å². The van der Waals surface area contributed by atoms with E-state index in [1.165, 1.54) is 0 Å². The molecule has 20 heavy (non-hydrogen) atoms. The average Bonchev–Trinajstić information content (AvgIpc) is 2.47. The number of nitrogens with zero attached hydrogens (tertiary/aromatic N) is 1. The van der Waals surface area contributed by atoms with Gasteiger partial charge in [-0.1, -0.05) is 20.8 Å². The Kier molecular flexibility index (Phi) is 5.08. The van der Waals surface area contributed by atoms with E-state index in [4.69, 9.17) is 4.74 Å². The zero-order valence-electron chi connectivity index (χ0n) is 13.1. The van der Waals surface area contributed by atoms with Gasteiger partial charge in [0.05, 0.1) is 11.5 Å². The molecular weight excluding hydrogens is 254 g/mol. The molecule has 0 saturated carbocycles. The van der Waals surface area contributed by atoms with Gasteiger partial charge in [0, 0.05) is 19.2 Å². The number of carboxylic acids is 1. The molecule has 0 bridgehead atoms. The molecule has 2 rings (SSSR count). The number of hydrogen-bond acceptors (Lipinski definition) is 3. The minimum Gasteiger partial charge on any atom is -0.481 e. The van der Waals surface area contributed by atoms with Crippen LogP contribution in [0, 0.1) is 11.3 Å². The van der Waals surface area contributed by atoms with Crippen molar-refractivity contribution in [2.24, 2.45) is 11.3 Å². The van der Waals surface area contributed by atoms with Gasteiger partial charge >= 0.3 is 5.97 Å². The quantitative estimate of drug-likeness (QED) is 0.862. The summed E-state index contributed by atoms with van der Waals surface area (Å²) in [4.78, 5) is 14.1. The fraction of sp³-hybridized carbons (Fsp3) is 0.938. The molecule has 2 saturated heterocycles. The first-order valence-electron chi connectivity index (χ1n) is 8.07. The molecule has 4 nitrogen and oxygen atoms in total. The summed E-state index contributed by atoms with van der Waals surface area (Å²) >= 11 is 0. The van der Waals surface area contributed by atoms with Crippen LogP contribution in [-0.2, 0) is 9.53 Å². The molecular formula is C16H29NO3. The van der Waals surface area contributed by atoms with Crippen LogP contribution in [0.5, 0.6) is 0 Å². The summed E-state index contributed by atoms with van der Waals surface area (Å²) < 4.78 is 5.84. The molecule has 0 amide bonds. The molecule has 0 aromatic carbocycles. The summed E-state index contributed by atoms with van der Waals surface area (Å²) in [6.45, 7) is 9.00. The average molecular weight is 283 g/mol. The Morgan fingerprint density at radius 3 is 2.85 bits per heavy atom. The van der Waals surface area contributed by atoms with E-state index >= 15 is 0 Å². The van der Waals surface area contributed by atoms with E-state index in [1.54, 1.807) is 0 Å². The van der Waals surface area contributed by atoms with E-state index in [1.807, 2.05) is 6.92 Å². The SMILES string of the molecule is CCC1(C(=O)O)CCCN(C2CCOC(C(C)C)C2)C1. The van der Waals surface area contributed by atoms with Gasteiger partial charge in [0.25, 0.3) is 0 Å². The van der Waals surface area contributed by atoms with Gasteiger partial charge in [-0.25, -0.2) is 0 Å². The van der Waals surface area contributed by atoms with Crippen molar-refractivity contribution < 1.29 is 14.6 Å². The number of carboxylic acid groups (broad SMARTS) is 1. The first-order valence-corrected chi connectivity index (χ1v) is 8.07. The molecule has 0 spiro atoms. The lowest BCUT2D eigenvalue weighted by Gasteiger charge is -2.45. The molecule has 0 aromatic heterocycles. The summed E-state index contributed by atoms with van der Waals surface area (Å²) in [5, 5.41) is 9.59. The van der Waals surface area contributed by atoms with E-state index < -0.39 is 11.4 Å². The Balaban J connectivity index is 2.03. The van der Waals surface area contributed by atoms with E-state index in [9.17, 15) is 9.90 Å². The maximum Gasteiger partial charge on any atom is 0.310 e. The molecule has 4 heteroatoms. The lowest BCUT2D eigenvalue weighted by molar-refractivity contribution is -0.154. The summed E-state index contributed by atoms with van der Waals surface area (Å²) in [6, 6.07) is 0.502. The maximum atomic E-state index is 11.7. The van der Waals surface area contributed by atoms with Gasteiger partial charge < -0.3 is 9.84 Å². The fourth-order valence-electron chi connectivity index (χ4n) is 3.70. The van der Waals surface area contributed by atoms with Gasteiger partial charge in [-0.2, -0.15) is 0 Å². The van der Waals surface area contributed by atoms with Crippen LogP contribution in [0.4, 0.5) is 0 Å². The second-order valence-corrected chi connectivity index (χ2v) is 6.84. The van der Waals surface area contributed by atoms with Crippen LogP contribution >= 0.6 is 0 Å². The summed E-state index contributed by atoms with van der Waals surface area (Å²) in [7, 11) is 0. The van der Waals surface area contributed by atoms with Crippen molar-refractivity contribution in [1.29, 1.82) is 0 Å². The smallest absolute Gasteiger partial charge is 0.310 e. The molecule has 2 aliphatic rings. The van der Waals surface area contributed by atoms with Crippen molar-refractivity contribution in [2.75, 3.05) is 19.7 Å². The second-order valence-electron chi connectivity index (χ2n) is 6.84. The number of ether oxygens (including phenoxy) is 1. The van der Waals surface area contributed by atoms with Crippen molar-refractivity contribution in [2.45, 2.75) is 65.0 Å². The predicted octanol–water partition coefficient (Wildman–Crippen LogP) is 2.77. The third-order valence-corrected chi connectivity index (χ3v) is 5.28. The lowest BCUT2D eigenvalue weighted by Crippen LogP contribution is -2.53. The van der Waals surface area contributed by atoms with Gasteiger partial charge in [0.1, 0.15) is 0 Å². The van der Waals surface area contributed by atoms with Gasteiger partial charge in [0.15, 0.2) is 0 Å². The molecule has 0 aliphatic carbocycles. The third-order valence-electron chi connectivity index (χ3n) is 5.28. The number of carbonyl (C=O) groups is 1. The Hall–Kier alpha value is -0.610. The van der Waals surface area contributed by atoms with E-state index in [2.05, 4.69) is 18.7 Å². The lowest BCUT2D eigenvalue weighted by atomic mass is 9.76. The third kappa shape index (κ3) is 3.17. The number of rotatable bonds is 4. The molecule has 0 radical (unpaired) electrons. The Morgan fingerprint density at radius 1 is 1.50 bits per heavy atom. The van der Waals surface area contributed by atoms with Crippen molar-refractivity contribution in [3.63, 3.8) is 0 Å². The minimum absolute atomic E-state index is 0.330. The zero-order valence-corrected chi connectivity index (χ0v) is 13.1. The standard InChI is InChI=1S/C16H29NO3/c1-4-16(15(18)19)7-5-8-17(11-16)13-6-9-20-14(10-13)12(2)3/h12-14H,4-11H2,1-3H3,(H,18,19). The van der Waals surface area contributed by atoms with Crippen LogP contribution in [0.2, 0.25) is 0 Å². The number of piperidine rings is 1. The largest absolute Gasteiger partial charge is 0.481 e. The minimum atomic E-state index is -0.614. The molecule has 3 unspecified atom stereocenters. The zero-order chi connectivity index (χ0) is 14.8. The van der Waals surface area contributed by atoms with Crippen molar-refractivity contribution in [1.82, 2.24) is 4.90 Å². The highest BCUT2D eigenvalue weighted by Crippen LogP contribution is 2.36. The maximum absolute atomic E-state index is 11.7. The van der Waals surface area contributed by atoms with Crippen LogP contribution in [0.3, 0.4) is 0 Å². The number of likely N-dealkylation sites (tertiary alicyclic amines) is 1. The monoisotopic (exact) mass is 283 g/mol. The first-order chi connectivity index (χ1) is 9.48. The molecule has 116 valence electrons. The van der Waals surface area contributed by atoms with Crippen LogP contribution < -0.4 is 0 Å². The topological polar surface area (TPSA) is 49.8 Å². The van der Waals surface area contributed by atoms with E-state index in [-0.39, 0.29) is 0 Å². The van der Waals surface area contributed by atoms with Crippen LogP contribution in [0.1, 0.15) is 52.9 Å². The highest BCUT2D eigenvalue weighted by atomic mass is 16.5.